The minimum absolute atomic E-state index is 0.00151. The first-order valence-corrected chi connectivity index (χ1v) is 13.2. The lowest BCUT2D eigenvalue weighted by Gasteiger charge is -2.34. The predicted octanol–water partition coefficient (Wildman–Crippen LogP) is 4.92. The van der Waals surface area contributed by atoms with Crippen molar-refractivity contribution in [2.45, 2.75) is 89.5 Å². The lowest BCUT2D eigenvalue weighted by molar-refractivity contribution is -0.129. The molecule has 3 aliphatic rings. The molecule has 5 heteroatoms. The van der Waals surface area contributed by atoms with Crippen LogP contribution in [0.4, 0.5) is 0 Å². The number of ketones is 1. The van der Waals surface area contributed by atoms with E-state index in [0.717, 1.165) is 50.8 Å². The summed E-state index contributed by atoms with van der Waals surface area (Å²) in [6.07, 6.45) is 12.1. The van der Waals surface area contributed by atoms with Crippen LogP contribution < -0.4 is 5.73 Å². The first-order chi connectivity index (χ1) is 15.9. The smallest absolute Gasteiger partial charge is 0.226 e. The number of amidine groups is 1. The molecule has 2 aliphatic heterocycles. The molecule has 1 unspecified atom stereocenters. The molecule has 0 spiro atoms. The molecule has 1 aromatic rings. The molecule has 33 heavy (non-hydrogen) atoms. The number of benzene rings is 1. The Hall–Kier alpha value is -2.17. The summed E-state index contributed by atoms with van der Waals surface area (Å²) in [5.74, 6) is 2.13. The largest absolute Gasteiger partial charge is 0.387 e. The van der Waals surface area contributed by atoms with Crippen molar-refractivity contribution in [3.63, 3.8) is 0 Å². The molecule has 2 N–H and O–H groups in total. The molecule has 1 amide bonds. The summed E-state index contributed by atoms with van der Waals surface area (Å²) in [4.78, 5) is 33.5. The maximum atomic E-state index is 13.7. The molecule has 1 aliphatic carbocycles. The van der Waals surface area contributed by atoms with E-state index in [4.69, 9.17) is 10.7 Å². The molecule has 0 radical (unpaired) electrons. The Morgan fingerprint density at radius 1 is 1.09 bits per heavy atom. The monoisotopic (exact) mass is 451 g/mol. The highest BCUT2D eigenvalue weighted by atomic mass is 16.2. The Labute approximate surface area is 199 Å². The zero-order valence-corrected chi connectivity index (χ0v) is 20.3. The van der Waals surface area contributed by atoms with Crippen LogP contribution >= 0.6 is 0 Å². The van der Waals surface area contributed by atoms with Crippen LogP contribution in [0.3, 0.4) is 0 Å². The highest BCUT2D eigenvalue weighted by Crippen LogP contribution is 2.39. The van der Waals surface area contributed by atoms with Gasteiger partial charge in [-0.15, -0.1) is 0 Å². The molecule has 1 aromatic carbocycles. The van der Waals surface area contributed by atoms with Gasteiger partial charge >= 0.3 is 0 Å². The van der Waals surface area contributed by atoms with E-state index in [1.54, 1.807) is 0 Å². The second-order valence-corrected chi connectivity index (χ2v) is 10.8. The summed E-state index contributed by atoms with van der Waals surface area (Å²) in [7, 11) is 0. The number of rotatable bonds is 7. The summed E-state index contributed by atoms with van der Waals surface area (Å²) < 4.78 is 0. The highest BCUT2D eigenvalue weighted by molar-refractivity contribution is 5.95. The number of carbonyl (C=O) groups excluding carboxylic acids is 2. The number of nitrogens with zero attached hydrogens (tertiary/aromatic N) is 2. The molecule has 1 saturated heterocycles. The van der Waals surface area contributed by atoms with Crippen molar-refractivity contribution in [2.75, 3.05) is 13.1 Å². The Kier molecular flexibility index (Phi) is 7.87. The van der Waals surface area contributed by atoms with Gasteiger partial charge in [-0.3, -0.25) is 14.6 Å². The van der Waals surface area contributed by atoms with Gasteiger partial charge in [-0.05, 0) is 49.5 Å². The van der Waals surface area contributed by atoms with Crippen molar-refractivity contribution in [3.05, 3.63) is 35.9 Å². The number of aliphatic imine (C=N–C) groups is 1. The van der Waals surface area contributed by atoms with E-state index >= 15 is 0 Å². The second-order valence-electron chi connectivity index (χ2n) is 10.8. The van der Waals surface area contributed by atoms with Gasteiger partial charge in [-0.2, -0.15) is 0 Å². The van der Waals surface area contributed by atoms with Gasteiger partial charge < -0.3 is 10.6 Å². The number of hydrogen-bond acceptors (Lipinski definition) is 4. The maximum absolute atomic E-state index is 13.7. The van der Waals surface area contributed by atoms with Crippen LogP contribution in [0.1, 0.15) is 83.1 Å². The Bertz CT molecular complexity index is 846. The standard InChI is InChI=1S/C28H41N3O2/c1-21-12-13-25(29)30-28(27(21)33,16-14-22-8-4-2-5-9-22)19-24-15-17-31(20-24)26(32)18-23-10-6-3-7-11-23/h3,6-7,10-11,21-22,24H,2,4-5,8-9,12-20H2,1H3,(H2,29,30)/t21?,24-,28-/m0/s1. The molecule has 5 nitrogen and oxygen atoms in total. The van der Waals surface area contributed by atoms with Crippen LogP contribution in [0.5, 0.6) is 0 Å². The number of Topliss-reactive ketones (excluding diaryl/α,β-unsaturated/α-hetero) is 1. The number of carbonyl (C=O) groups is 2. The molecule has 3 atom stereocenters. The van der Waals surface area contributed by atoms with Crippen LogP contribution in [-0.2, 0) is 16.0 Å². The summed E-state index contributed by atoms with van der Waals surface area (Å²) in [5, 5.41) is 0. The number of hydrogen-bond donors (Lipinski definition) is 1. The fourth-order valence-corrected chi connectivity index (χ4v) is 6.27. The third-order valence-corrected chi connectivity index (χ3v) is 8.25. The summed E-state index contributed by atoms with van der Waals surface area (Å²) in [5.41, 5.74) is 6.67. The van der Waals surface area contributed by atoms with E-state index < -0.39 is 5.54 Å². The SMILES string of the molecule is CC1CCC(N)=N[C@@](CCC2CCCCC2)(C[C@@H]2CCN(C(=O)Cc3ccccc3)C2)C1=O. The van der Waals surface area contributed by atoms with Crippen LogP contribution in [-0.4, -0.2) is 41.1 Å². The van der Waals surface area contributed by atoms with Gasteiger partial charge in [0.1, 0.15) is 5.54 Å². The molecule has 2 fully saturated rings. The first-order valence-electron chi connectivity index (χ1n) is 13.2. The van der Waals surface area contributed by atoms with Gasteiger partial charge in [-0.25, -0.2) is 0 Å². The molecule has 1 saturated carbocycles. The van der Waals surface area contributed by atoms with E-state index in [2.05, 4.69) is 6.92 Å². The van der Waals surface area contributed by atoms with E-state index in [9.17, 15) is 9.59 Å². The van der Waals surface area contributed by atoms with Gasteiger partial charge in [-0.1, -0.05) is 69.4 Å². The predicted molar refractivity (Wildman–Crippen MR) is 133 cm³/mol. The Morgan fingerprint density at radius 2 is 1.85 bits per heavy atom. The zero-order valence-electron chi connectivity index (χ0n) is 20.3. The summed E-state index contributed by atoms with van der Waals surface area (Å²) in [6, 6.07) is 9.95. The first kappa shape index (κ1) is 24.0. The van der Waals surface area contributed by atoms with Gasteiger partial charge in [0, 0.05) is 25.4 Å². The van der Waals surface area contributed by atoms with Gasteiger partial charge in [0.15, 0.2) is 5.78 Å². The van der Waals surface area contributed by atoms with Crippen molar-refractivity contribution >= 4 is 17.5 Å². The quantitative estimate of drug-likeness (QED) is 0.639. The lowest BCUT2D eigenvalue weighted by atomic mass is 9.74. The van der Waals surface area contributed by atoms with Crippen LogP contribution in [0.2, 0.25) is 0 Å². The fraction of sp³-hybridized carbons (Fsp3) is 0.679. The Balaban J connectivity index is 1.45. The number of amides is 1. The zero-order chi connectivity index (χ0) is 23.3. The summed E-state index contributed by atoms with van der Waals surface area (Å²) >= 11 is 0. The minimum Gasteiger partial charge on any atom is -0.387 e. The fourth-order valence-electron chi connectivity index (χ4n) is 6.27. The average molecular weight is 452 g/mol. The highest BCUT2D eigenvalue weighted by Gasteiger charge is 2.45. The molecular formula is C28H41N3O2. The third-order valence-electron chi connectivity index (χ3n) is 8.25. The summed E-state index contributed by atoms with van der Waals surface area (Å²) in [6.45, 7) is 3.56. The topological polar surface area (TPSA) is 75.8 Å². The molecule has 180 valence electrons. The molecule has 2 heterocycles. The minimum atomic E-state index is -0.694. The van der Waals surface area contributed by atoms with Crippen LogP contribution in [0.25, 0.3) is 0 Å². The second kappa shape index (κ2) is 10.8. The van der Waals surface area contributed by atoms with E-state index in [0.29, 0.717) is 30.5 Å². The van der Waals surface area contributed by atoms with Gasteiger partial charge in [0.2, 0.25) is 5.91 Å². The molecular weight excluding hydrogens is 410 g/mol. The van der Waals surface area contributed by atoms with Crippen LogP contribution in [0.15, 0.2) is 35.3 Å². The normalized spacial score (nSPS) is 29.1. The number of nitrogens with two attached hydrogens (primary N) is 1. The van der Waals surface area contributed by atoms with E-state index in [1.807, 2.05) is 35.2 Å². The maximum Gasteiger partial charge on any atom is 0.226 e. The van der Waals surface area contributed by atoms with Gasteiger partial charge in [0.25, 0.3) is 0 Å². The van der Waals surface area contributed by atoms with Crippen molar-refractivity contribution < 1.29 is 9.59 Å². The van der Waals surface area contributed by atoms with E-state index in [-0.39, 0.29) is 17.6 Å². The van der Waals surface area contributed by atoms with Crippen LogP contribution in [0, 0.1) is 17.8 Å². The lowest BCUT2D eigenvalue weighted by Crippen LogP contribution is -2.43. The van der Waals surface area contributed by atoms with Crippen molar-refractivity contribution in [2.24, 2.45) is 28.5 Å². The van der Waals surface area contributed by atoms with Crippen molar-refractivity contribution in [1.29, 1.82) is 0 Å². The third kappa shape index (κ3) is 6.04. The van der Waals surface area contributed by atoms with Gasteiger partial charge in [0.05, 0.1) is 12.3 Å². The Morgan fingerprint density at radius 3 is 2.61 bits per heavy atom. The van der Waals surface area contributed by atoms with E-state index in [1.165, 1.54) is 32.1 Å². The number of likely N-dealkylation sites (tertiary alicyclic amines) is 1. The van der Waals surface area contributed by atoms with Crippen molar-refractivity contribution in [1.82, 2.24) is 4.90 Å². The molecule has 4 rings (SSSR count). The van der Waals surface area contributed by atoms with Crippen molar-refractivity contribution in [3.8, 4) is 0 Å². The molecule has 0 bridgehead atoms. The molecule has 0 aromatic heterocycles. The average Bonchev–Trinajstić information content (AvgIpc) is 3.26.